The number of nitrogens with two attached hydrogens (primary N) is 1. The average molecular weight is 278 g/mol. The molecule has 114 valence electrons. The maximum Gasteiger partial charge on any atom is 0.0521 e. The maximum absolute atomic E-state index is 5.80. The zero-order valence-corrected chi connectivity index (χ0v) is 13.0. The van der Waals surface area contributed by atoms with Crippen molar-refractivity contribution >= 4 is 0 Å². The maximum atomic E-state index is 5.80. The summed E-state index contributed by atoms with van der Waals surface area (Å²) in [6, 6.07) is 0.456. The second-order valence-corrected chi connectivity index (χ2v) is 6.40. The first-order valence-electron chi connectivity index (χ1n) is 8.16. The van der Waals surface area contributed by atoms with Gasteiger partial charge < -0.3 is 0 Å². The van der Waals surface area contributed by atoms with E-state index in [2.05, 4.69) is 23.6 Å². The number of aryl methyl sites for hydroxylation is 2. The van der Waals surface area contributed by atoms with Gasteiger partial charge in [-0.25, -0.2) is 0 Å². The summed E-state index contributed by atoms with van der Waals surface area (Å²) in [5, 5.41) is 4.23. The molecule has 20 heavy (non-hydrogen) atoms. The molecule has 0 aromatic carbocycles. The van der Waals surface area contributed by atoms with Crippen LogP contribution < -0.4 is 11.3 Å². The lowest BCUT2D eigenvalue weighted by molar-refractivity contribution is 0.208. The van der Waals surface area contributed by atoms with Gasteiger partial charge in [0.15, 0.2) is 0 Å². The predicted molar refractivity (Wildman–Crippen MR) is 83.0 cm³/mol. The normalized spacial score (nSPS) is 24.8. The van der Waals surface area contributed by atoms with Gasteiger partial charge in [-0.05, 0) is 43.1 Å². The van der Waals surface area contributed by atoms with E-state index < -0.39 is 0 Å². The van der Waals surface area contributed by atoms with E-state index in [0.29, 0.717) is 6.04 Å². The first kappa shape index (κ1) is 15.5. The molecule has 1 aromatic rings. The molecule has 2 rings (SSSR count). The molecule has 0 saturated heterocycles. The Morgan fingerprint density at radius 1 is 1.40 bits per heavy atom. The van der Waals surface area contributed by atoms with Crippen molar-refractivity contribution in [1.29, 1.82) is 0 Å². The van der Waals surface area contributed by atoms with Crippen molar-refractivity contribution in [2.75, 3.05) is 0 Å². The number of hydrogen-bond acceptors (Lipinski definition) is 3. The number of hydrazine groups is 1. The fourth-order valence-corrected chi connectivity index (χ4v) is 3.67. The van der Waals surface area contributed by atoms with E-state index in [0.717, 1.165) is 24.7 Å². The Balaban J connectivity index is 1.77. The summed E-state index contributed by atoms with van der Waals surface area (Å²) in [6.45, 7) is 2.30. The van der Waals surface area contributed by atoms with Gasteiger partial charge in [0.2, 0.25) is 0 Å². The zero-order valence-electron chi connectivity index (χ0n) is 13.0. The molecule has 1 aromatic heterocycles. The third-order valence-electron chi connectivity index (χ3n) is 4.87. The molecule has 4 heteroatoms. The summed E-state index contributed by atoms with van der Waals surface area (Å²) in [5.74, 6) is 7.52. The van der Waals surface area contributed by atoms with Crippen molar-refractivity contribution in [3.8, 4) is 0 Å². The van der Waals surface area contributed by atoms with Crippen LogP contribution in [0.4, 0.5) is 0 Å². The van der Waals surface area contributed by atoms with Gasteiger partial charge in [0, 0.05) is 19.3 Å². The van der Waals surface area contributed by atoms with Crippen LogP contribution in [0.1, 0.15) is 57.4 Å². The Kier molecular flexibility index (Phi) is 6.05. The Hall–Kier alpha value is -0.870. The van der Waals surface area contributed by atoms with Crippen molar-refractivity contribution in [1.82, 2.24) is 15.2 Å². The molecule has 1 aliphatic carbocycles. The van der Waals surface area contributed by atoms with Gasteiger partial charge in [0.05, 0.1) is 6.20 Å². The van der Waals surface area contributed by atoms with E-state index in [9.17, 15) is 0 Å². The molecule has 1 aliphatic rings. The number of nitrogens with zero attached hydrogens (tertiary/aromatic N) is 2. The summed E-state index contributed by atoms with van der Waals surface area (Å²) in [5.41, 5.74) is 4.38. The fraction of sp³-hybridized carbons (Fsp3) is 0.812. The Morgan fingerprint density at radius 2 is 2.15 bits per heavy atom. The van der Waals surface area contributed by atoms with E-state index >= 15 is 0 Å². The van der Waals surface area contributed by atoms with Crippen molar-refractivity contribution in [3.05, 3.63) is 18.0 Å². The van der Waals surface area contributed by atoms with Gasteiger partial charge in [0.25, 0.3) is 0 Å². The molecule has 0 radical (unpaired) electrons. The van der Waals surface area contributed by atoms with Crippen molar-refractivity contribution in [3.63, 3.8) is 0 Å². The van der Waals surface area contributed by atoms with Crippen LogP contribution in [0.15, 0.2) is 12.4 Å². The molecular weight excluding hydrogens is 248 g/mol. The van der Waals surface area contributed by atoms with Crippen LogP contribution in [0.5, 0.6) is 0 Å². The monoisotopic (exact) mass is 278 g/mol. The summed E-state index contributed by atoms with van der Waals surface area (Å²) in [7, 11) is 1.97. The molecule has 0 bridgehead atoms. The van der Waals surface area contributed by atoms with Gasteiger partial charge in [-0.3, -0.25) is 16.0 Å². The number of aromatic nitrogens is 2. The minimum atomic E-state index is 0.456. The van der Waals surface area contributed by atoms with Crippen LogP contribution in [-0.4, -0.2) is 15.8 Å². The molecule has 1 unspecified atom stereocenters. The van der Waals surface area contributed by atoms with Crippen LogP contribution in [0, 0.1) is 11.8 Å². The van der Waals surface area contributed by atoms with Crippen LogP contribution in [0.3, 0.4) is 0 Å². The molecule has 3 N–H and O–H groups in total. The molecule has 0 aliphatic heterocycles. The highest BCUT2D eigenvalue weighted by molar-refractivity contribution is 5.04. The molecule has 1 atom stereocenters. The van der Waals surface area contributed by atoms with E-state index in [4.69, 9.17) is 5.84 Å². The highest BCUT2D eigenvalue weighted by atomic mass is 15.2. The lowest BCUT2D eigenvalue weighted by Gasteiger charge is -2.33. The SMILES string of the molecule is CCCC1CCC(C(CCc2cnn(C)c2)NN)CC1. The second-order valence-electron chi connectivity index (χ2n) is 6.40. The van der Waals surface area contributed by atoms with Gasteiger partial charge in [-0.15, -0.1) is 0 Å². The second kappa shape index (κ2) is 7.79. The van der Waals surface area contributed by atoms with E-state index in [-0.39, 0.29) is 0 Å². The summed E-state index contributed by atoms with van der Waals surface area (Å²) in [4.78, 5) is 0. The van der Waals surface area contributed by atoms with Gasteiger partial charge >= 0.3 is 0 Å². The number of nitrogens with one attached hydrogen (secondary N) is 1. The largest absolute Gasteiger partial charge is 0.276 e. The topological polar surface area (TPSA) is 55.9 Å². The van der Waals surface area contributed by atoms with E-state index in [1.165, 1.54) is 44.1 Å². The lowest BCUT2D eigenvalue weighted by Crippen LogP contribution is -2.42. The van der Waals surface area contributed by atoms with Crippen LogP contribution in [0.2, 0.25) is 0 Å². The lowest BCUT2D eigenvalue weighted by atomic mass is 9.76. The molecule has 0 amide bonds. The smallest absolute Gasteiger partial charge is 0.0521 e. The molecule has 1 heterocycles. The van der Waals surface area contributed by atoms with Gasteiger partial charge in [-0.1, -0.05) is 32.6 Å². The Labute approximate surface area is 123 Å². The van der Waals surface area contributed by atoms with Crippen LogP contribution in [-0.2, 0) is 13.5 Å². The summed E-state index contributed by atoms with van der Waals surface area (Å²) < 4.78 is 1.87. The highest BCUT2D eigenvalue weighted by Crippen LogP contribution is 2.34. The van der Waals surface area contributed by atoms with Crippen LogP contribution in [0.25, 0.3) is 0 Å². The van der Waals surface area contributed by atoms with Gasteiger partial charge in [-0.2, -0.15) is 5.10 Å². The Bertz CT molecular complexity index is 380. The van der Waals surface area contributed by atoms with Crippen LogP contribution >= 0.6 is 0 Å². The number of hydrogen-bond donors (Lipinski definition) is 2. The minimum Gasteiger partial charge on any atom is -0.276 e. The number of rotatable bonds is 7. The minimum absolute atomic E-state index is 0.456. The van der Waals surface area contributed by atoms with E-state index in [1.807, 2.05) is 17.9 Å². The molecule has 1 fully saturated rings. The molecule has 0 spiro atoms. The molecule has 1 saturated carbocycles. The van der Waals surface area contributed by atoms with Gasteiger partial charge in [0.1, 0.15) is 0 Å². The third-order valence-corrected chi connectivity index (χ3v) is 4.87. The van der Waals surface area contributed by atoms with Crippen molar-refractivity contribution in [2.24, 2.45) is 24.7 Å². The predicted octanol–water partition coefficient (Wildman–Crippen LogP) is 2.79. The van der Waals surface area contributed by atoms with Crippen molar-refractivity contribution in [2.45, 2.75) is 64.3 Å². The summed E-state index contributed by atoms with van der Waals surface area (Å²) >= 11 is 0. The zero-order chi connectivity index (χ0) is 14.4. The molecule has 4 nitrogen and oxygen atoms in total. The first-order chi connectivity index (χ1) is 9.72. The standard InChI is InChI=1S/C16H30N4/c1-3-4-13-5-8-15(9-6-13)16(19-17)10-7-14-11-18-20(2)12-14/h11-13,15-16,19H,3-10,17H2,1-2H3. The Morgan fingerprint density at radius 3 is 2.70 bits per heavy atom. The third kappa shape index (κ3) is 4.32. The quantitative estimate of drug-likeness (QED) is 0.595. The van der Waals surface area contributed by atoms with E-state index in [1.54, 1.807) is 0 Å². The van der Waals surface area contributed by atoms with Crippen molar-refractivity contribution < 1.29 is 0 Å². The summed E-state index contributed by atoms with van der Waals surface area (Å²) in [6.07, 6.45) is 14.4. The highest BCUT2D eigenvalue weighted by Gasteiger charge is 2.26. The molecular formula is C16H30N4. The first-order valence-corrected chi connectivity index (χ1v) is 8.16. The fourth-order valence-electron chi connectivity index (χ4n) is 3.67. The average Bonchev–Trinajstić information content (AvgIpc) is 2.87.